The largest absolute Gasteiger partial charge is 0.497 e. The molecule has 2 aromatic rings. The molecular formula is C8H8N4O2. The zero-order valence-electron chi connectivity index (χ0n) is 7.47. The number of nitrogens with one attached hydrogen (secondary N) is 1. The molecule has 1 aromatic heterocycles. The van der Waals surface area contributed by atoms with Crippen molar-refractivity contribution >= 4 is 0 Å². The average molecular weight is 192 g/mol. The molecule has 0 spiro atoms. The molecule has 0 fully saturated rings. The number of nitrogens with zero attached hydrogens (tertiary/aromatic N) is 3. The van der Waals surface area contributed by atoms with Crippen LogP contribution >= 0.6 is 0 Å². The van der Waals surface area contributed by atoms with Crippen LogP contribution in [0.5, 0.6) is 5.75 Å². The second kappa shape index (κ2) is 3.33. The summed E-state index contributed by atoms with van der Waals surface area (Å²) in [5.74, 6) is 0.727. The monoisotopic (exact) mass is 192 g/mol. The van der Waals surface area contributed by atoms with E-state index < -0.39 is 0 Å². The van der Waals surface area contributed by atoms with Gasteiger partial charge in [-0.05, 0) is 34.7 Å². The lowest BCUT2D eigenvalue weighted by atomic mass is 10.3. The Kier molecular flexibility index (Phi) is 2.02. The molecule has 6 nitrogen and oxygen atoms in total. The van der Waals surface area contributed by atoms with Crippen LogP contribution in [-0.4, -0.2) is 27.3 Å². The number of hydrogen-bond acceptors (Lipinski definition) is 4. The van der Waals surface area contributed by atoms with Gasteiger partial charge in [0.2, 0.25) is 0 Å². The number of hydrogen-bond donors (Lipinski definition) is 1. The van der Waals surface area contributed by atoms with Crippen molar-refractivity contribution in [1.82, 2.24) is 20.2 Å². The first-order valence-corrected chi connectivity index (χ1v) is 3.96. The van der Waals surface area contributed by atoms with Gasteiger partial charge in [0.25, 0.3) is 0 Å². The molecule has 1 aromatic carbocycles. The third-order valence-electron chi connectivity index (χ3n) is 1.79. The van der Waals surface area contributed by atoms with Crippen LogP contribution in [0.25, 0.3) is 5.69 Å². The molecule has 0 amide bonds. The first-order chi connectivity index (χ1) is 6.81. The van der Waals surface area contributed by atoms with E-state index in [1.807, 2.05) is 0 Å². The van der Waals surface area contributed by atoms with Gasteiger partial charge >= 0.3 is 5.69 Å². The van der Waals surface area contributed by atoms with E-state index in [9.17, 15) is 4.79 Å². The third kappa shape index (κ3) is 1.37. The van der Waals surface area contributed by atoms with Gasteiger partial charge in [0.1, 0.15) is 5.75 Å². The smallest absolute Gasteiger partial charge is 0.365 e. The second-order valence-electron chi connectivity index (χ2n) is 2.62. The number of rotatable bonds is 2. The summed E-state index contributed by atoms with van der Waals surface area (Å²) in [5.41, 5.74) is 0.278. The maximum absolute atomic E-state index is 11.1. The lowest BCUT2D eigenvalue weighted by Crippen LogP contribution is -2.15. The Morgan fingerprint density at radius 2 is 2.07 bits per heavy atom. The minimum atomic E-state index is -0.366. The average Bonchev–Trinajstić information content (AvgIpc) is 2.65. The van der Waals surface area contributed by atoms with E-state index in [1.165, 1.54) is 4.68 Å². The molecule has 1 heterocycles. The van der Waals surface area contributed by atoms with Gasteiger partial charge in [-0.2, -0.15) is 4.68 Å². The Bertz CT molecular complexity index is 471. The number of aromatic nitrogens is 4. The summed E-state index contributed by atoms with van der Waals surface area (Å²) >= 11 is 0. The predicted molar refractivity (Wildman–Crippen MR) is 48.5 cm³/mol. The topological polar surface area (TPSA) is 72.8 Å². The Morgan fingerprint density at radius 3 is 2.57 bits per heavy atom. The van der Waals surface area contributed by atoms with Crippen LogP contribution in [0.1, 0.15) is 0 Å². The molecule has 72 valence electrons. The summed E-state index contributed by atoms with van der Waals surface area (Å²) in [6.07, 6.45) is 0. The molecule has 0 bridgehead atoms. The Hall–Kier alpha value is -2.11. The standard InChI is InChI=1S/C8H8N4O2/c1-14-7-4-2-6(3-5-7)12-8(13)9-10-11-12/h2-5H,1H3,(H,9,11,13). The summed E-state index contributed by atoms with van der Waals surface area (Å²) in [5, 5.41) is 9.19. The van der Waals surface area contributed by atoms with Gasteiger partial charge in [0, 0.05) is 0 Å². The number of tetrazole rings is 1. The molecule has 2 rings (SSSR count). The van der Waals surface area contributed by atoms with Crippen molar-refractivity contribution in [2.75, 3.05) is 7.11 Å². The third-order valence-corrected chi connectivity index (χ3v) is 1.79. The van der Waals surface area contributed by atoms with Crippen LogP contribution < -0.4 is 10.4 Å². The van der Waals surface area contributed by atoms with Crippen molar-refractivity contribution in [3.8, 4) is 11.4 Å². The molecule has 0 radical (unpaired) electrons. The first-order valence-electron chi connectivity index (χ1n) is 3.96. The molecule has 0 saturated carbocycles. The molecule has 0 unspecified atom stereocenters. The van der Waals surface area contributed by atoms with Gasteiger partial charge in [-0.1, -0.05) is 0 Å². The Balaban J connectivity index is 2.44. The van der Waals surface area contributed by atoms with Crippen LogP contribution in [0, 0.1) is 0 Å². The highest BCUT2D eigenvalue weighted by Crippen LogP contribution is 2.12. The van der Waals surface area contributed by atoms with E-state index >= 15 is 0 Å². The summed E-state index contributed by atoms with van der Waals surface area (Å²) in [6.45, 7) is 0. The van der Waals surface area contributed by atoms with Gasteiger partial charge in [0.15, 0.2) is 0 Å². The maximum Gasteiger partial charge on any atom is 0.365 e. The SMILES string of the molecule is COc1ccc(-n2nn[nH]c2=O)cc1. The highest BCUT2D eigenvalue weighted by molar-refractivity contribution is 5.35. The van der Waals surface area contributed by atoms with E-state index in [2.05, 4.69) is 15.5 Å². The minimum Gasteiger partial charge on any atom is -0.497 e. The van der Waals surface area contributed by atoms with Crippen molar-refractivity contribution in [1.29, 1.82) is 0 Å². The number of H-pyrrole nitrogens is 1. The van der Waals surface area contributed by atoms with Crippen LogP contribution in [-0.2, 0) is 0 Å². The minimum absolute atomic E-state index is 0.366. The fourth-order valence-electron chi connectivity index (χ4n) is 1.09. The summed E-state index contributed by atoms with van der Waals surface area (Å²) in [6, 6.07) is 6.94. The highest BCUT2D eigenvalue weighted by atomic mass is 16.5. The van der Waals surface area contributed by atoms with Crippen molar-refractivity contribution in [2.24, 2.45) is 0 Å². The van der Waals surface area contributed by atoms with Gasteiger partial charge in [-0.15, -0.1) is 0 Å². The fourth-order valence-corrected chi connectivity index (χ4v) is 1.09. The Labute approximate surface area is 79.1 Å². The van der Waals surface area contributed by atoms with E-state index in [0.717, 1.165) is 5.75 Å². The fraction of sp³-hybridized carbons (Fsp3) is 0.125. The number of ether oxygens (including phenoxy) is 1. The Morgan fingerprint density at radius 1 is 1.36 bits per heavy atom. The van der Waals surface area contributed by atoms with Crippen molar-refractivity contribution in [3.05, 3.63) is 34.7 Å². The molecular weight excluding hydrogens is 184 g/mol. The van der Waals surface area contributed by atoms with E-state index in [-0.39, 0.29) is 5.69 Å². The molecule has 1 N–H and O–H groups in total. The second-order valence-corrected chi connectivity index (χ2v) is 2.62. The van der Waals surface area contributed by atoms with Crippen molar-refractivity contribution in [2.45, 2.75) is 0 Å². The molecule has 0 atom stereocenters. The van der Waals surface area contributed by atoms with Gasteiger partial charge in [0.05, 0.1) is 12.8 Å². The van der Waals surface area contributed by atoms with E-state index in [0.29, 0.717) is 5.69 Å². The first kappa shape index (κ1) is 8.49. The molecule has 0 aliphatic rings. The quantitative estimate of drug-likeness (QED) is 0.724. The van der Waals surface area contributed by atoms with Gasteiger partial charge in [-0.3, -0.25) is 0 Å². The lowest BCUT2D eigenvalue weighted by Gasteiger charge is -2.00. The molecule has 0 saturated heterocycles. The maximum atomic E-state index is 11.1. The number of benzene rings is 1. The van der Waals surface area contributed by atoms with Crippen LogP contribution in [0.15, 0.2) is 29.1 Å². The van der Waals surface area contributed by atoms with Crippen molar-refractivity contribution < 1.29 is 4.74 Å². The zero-order valence-corrected chi connectivity index (χ0v) is 7.47. The molecule has 14 heavy (non-hydrogen) atoms. The number of aromatic amines is 1. The molecule has 0 aliphatic heterocycles. The van der Waals surface area contributed by atoms with Crippen molar-refractivity contribution in [3.63, 3.8) is 0 Å². The van der Waals surface area contributed by atoms with Crippen LogP contribution in [0.3, 0.4) is 0 Å². The van der Waals surface area contributed by atoms with E-state index in [4.69, 9.17) is 4.74 Å². The zero-order chi connectivity index (χ0) is 9.97. The summed E-state index contributed by atoms with van der Waals surface area (Å²) in [4.78, 5) is 11.1. The van der Waals surface area contributed by atoms with Gasteiger partial charge in [-0.25, -0.2) is 9.89 Å². The number of methoxy groups -OCH3 is 1. The summed E-state index contributed by atoms with van der Waals surface area (Å²) in [7, 11) is 1.58. The van der Waals surface area contributed by atoms with Crippen LogP contribution in [0.2, 0.25) is 0 Å². The summed E-state index contributed by atoms with van der Waals surface area (Å²) < 4.78 is 6.15. The lowest BCUT2D eigenvalue weighted by molar-refractivity contribution is 0.414. The van der Waals surface area contributed by atoms with Crippen LogP contribution in [0.4, 0.5) is 0 Å². The van der Waals surface area contributed by atoms with Gasteiger partial charge < -0.3 is 4.74 Å². The normalized spacial score (nSPS) is 10.1. The molecule has 0 aliphatic carbocycles. The predicted octanol–water partition coefficient (Wildman–Crippen LogP) is -0.0358. The molecule has 6 heteroatoms. The van der Waals surface area contributed by atoms with E-state index in [1.54, 1.807) is 31.4 Å². The highest BCUT2D eigenvalue weighted by Gasteiger charge is 2.01.